The average molecular weight is 216 g/mol. The number of esters is 1. The second-order valence-electron chi connectivity index (χ2n) is 3.36. The van der Waals surface area contributed by atoms with Crippen molar-refractivity contribution in [2.45, 2.75) is 31.3 Å². The Kier molecular flexibility index (Phi) is 4.01. The zero-order chi connectivity index (χ0) is 10.6. The molecule has 14 heavy (non-hydrogen) atoms. The van der Waals surface area contributed by atoms with Crippen molar-refractivity contribution in [2.75, 3.05) is 12.4 Å². The van der Waals surface area contributed by atoms with Gasteiger partial charge in [0.25, 0.3) is 0 Å². The van der Waals surface area contributed by atoms with Crippen molar-refractivity contribution in [1.82, 2.24) is 0 Å². The molecular formula is C10H16O3S. The molecule has 1 saturated heterocycles. The van der Waals surface area contributed by atoms with E-state index in [1.165, 1.54) is 6.08 Å². The summed E-state index contributed by atoms with van der Waals surface area (Å²) in [6.45, 7) is 7.92. The molecule has 1 heterocycles. The van der Waals surface area contributed by atoms with Gasteiger partial charge in [0.1, 0.15) is 6.10 Å². The van der Waals surface area contributed by atoms with Crippen LogP contribution < -0.4 is 0 Å². The zero-order valence-electron chi connectivity index (χ0n) is 8.62. The Morgan fingerprint density at radius 2 is 2.50 bits per heavy atom. The molecule has 0 spiro atoms. The van der Waals surface area contributed by atoms with E-state index in [0.717, 1.165) is 18.8 Å². The topological polar surface area (TPSA) is 35.5 Å². The molecule has 0 aliphatic carbocycles. The molecule has 1 aliphatic heterocycles. The van der Waals surface area contributed by atoms with Crippen LogP contribution in [0.5, 0.6) is 0 Å². The number of carbonyl (C=O) groups is 1. The SMILES string of the molecule is C=CC(=O)OC1(C)SCCCOC1C. The van der Waals surface area contributed by atoms with Crippen molar-refractivity contribution in [3.63, 3.8) is 0 Å². The highest BCUT2D eigenvalue weighted by atomic mass is 32.2. The number of carbonyl (C=O) groups excluding carboxylic acids is 1. The van der Waals surface area contributed by atoms with Gasteiger partial charge in [-0.15, -0.1) is 11.8 Å². The molecule has 1 fully saturated rings. The van der Waals surface area contributed by atoms with Crippen LogP contribution in [0.3, 0.4) is 0 Å². The summed E-state index contributed by atoms with van der Waals surface area (Å²) in [5, 5.41) is 0. The van der Waals surface area contributed by atoms with Gasteiger partial charge in [0.2, 0.25) is 0 Å². The van der Waals surface area contributed by atoms with Gasteiger partial charge in [-0.1, -0.05) is 6.58 Å². The van der Waals surface area contributed by atoms with Crippen LogP contribution in [0.4, 0.5) is 0 Å². The van der Waals surface area contributed by atoms with Gasteiger partial charge >= 0.3 is 5.97 Å². The second-order valence-corrected chi connectivity index (χ2v) is 4.86. The van der Waals surface area contributed by atoms with E-state index >= 15 is 0 Å². The molecule has 0 aromatic heterocycles. The van der Waals surface area contributed by atoms with Crippen molar-refractivity contribution in [3.05, 3.63) is 12.7 Å². The summed E-state index contributed by atoms with van der Waals surface area (Å²) in [7, 11) is 0. The normalized spacial score (nSPS) is 33.1. The van der Waals surface area contributed by atoms with Gasteiger partial charge in [-0.3, -0.25) is 0 Å². The summed E-state index contributed by atoms with van der Waals surface area (Å²) >= 11 is 1.62. The first-order valence-electron chi connectivity index (χ1n) is 4.69. The molecule has 1 aliphatic rings. The lowest BCUT2D eigenvalue weighted by Gasteiger charge is -2.31. The molecule has 3 nitrogen and oxygen atoms in total. The van der Waals surface area contributed by atoms with Crippen molar-refractivity contribution in [3.8, 4) is 0 Å². The molecule has 0 saturated carbocycles. The molecule has 0 aromatic carbocycles. The number of rotatable bonds is 2. The molecule has 2 unspecified atom stereocenters. The molecule has 4 heteroatoms. The molecule has 0 amide bonds. The van der Waals surface area contributed by atoms with Crippen molar-refractivity contribution < 1.29 is 14.3 Å². The van der Waals surface area contributed by atoms with Crippen molar-refractivity contribution in [2.24, 2.45) is 0 Å². The Morgan fingerprint density at radius 1 is 1.79 bits per heavy atom. The summed E-state index contributed by atoms with van der Waals surface area (Å²) in [6.07, 6.45) is 2.10. The lowest BCUT2D eigenvalue weighted by Crippen LogP contribution is -2.39. The molecule has 1 rings (SSSR count). The maximum absolute atomic E-state index is 11.1. The van der Waals surface area contributed by atoms with Crippen molar-refractivity contribution >= 4 is 17.7 Å². The Morgan fingerprint density at radius 3 is 3.14 bits per heavy atom. The maximum Gasteiger partial charge on any atom is 0.331 e. The van der Waals surface area contributed by atoms with Gasteiger partial charge in [0, 0.05) is 12.7 Å². The number of hydrogen-bond acceptors (Lipinski definition) is 4. The summed E-state index contributed by atoms with van der Waals surface area (Å²) in [4.78, 5) is 10.6. The van der Waals surface area contributed by atoms with E-state index in [1.54, 1.807) is 11.8 Å². The highest BCUT2D eigenvalue weighted by molar-refractivity contribution is 8.00. The number of ether oxygens (including phenoxy) is 2. The first kappa shape index (κ1) is 11.6. The van der Waals surface area contributed by atoms with Crippen LogP contribution in [-0.2, 0) is 14.3 Å². The van der Waals surface area contributed by atoms with E-state index in [-0.39, 0.29) is 6.10 Å². The van der Waals surface area contributed by atoms with Crippen LogP contribution in [-0.4, -0.2) is 29.4 Å². The second kappa shape index (κ2) is 4.84. The van der Waals surface area contributed by atoms with Gasteiger partial charge in [0.15, 0.2) is 4.93 Å². The van der Waals surface area contributed by atoms with Crippen LogP contribution >= 0.6 is 11.8 Å². The van der Waals surface area contributed by atoms with Gasteiger partial charge in [-0.2, -0.15) is 0 Å². The third-order valence-corrected chi connectivity index (χ3v) is 3.73. The molecular weight excluding hydrogens is 200 g/mol. The fourth-order valence-electron chi connectivity index (χ4n) is 1.22. The predicted molar refractivity (Wildman–Crippen MR) is 57.2 cm³/mol. The first-order valence-corrected chi connectivity index (χ1v) is 5.68. The van der Waals surface area contributed by atoms with E-state index in [9.17, 15) is 4.79 Å². The van der Waals surface area contributed by atoms with Gasteiger partial charge < -0.3 is 9.47 Å². The third kappa shape index (κ3) is 2.75. The van der Waals surface area contributed by atoms with E-state index in [4.69, 9.17) is 9.47 Å². The zero-order valence-corrected chi connectivity index (χ0v) is 9.43. The van der Waals surface area contributed by atoms with E-state index in [2.05, 4.69) is 6.58 Å². The van der Waals surface area contributed by atoms with E-state index in [1.807, 2.05) is 13.8 Å². The lowest BCUT2D eigenvalue weighted by atomic mass is 10.2. The molecule has 0 bridgehead atoms. The van der Waals surface area contributed by atoms with Gasteiger partial charge in [-0.25, -0.2) is 4.79 Å². The smallest absolute Gasteiger partial charge is 0.331 e. The Hall–Kier alpha value is -0.480. The van der Waals surface area contributed by atoms with Crippen LogP contribution in [0.1, 0.15) is 20.3 Å². The standard InChI is InChI=1S/C10H16O3S/c1-4-9(11)13-10(3)8(2)12-6-5-7-14-10/h4,8H,1,5-7H2,2-3H3. The van der Waals surface area contributed by atoms with Gasteiger partial charge in [-0.05, 0) is 26.0 Å². The minimum absolute atomic E-state index is 0.0844. The molecule has 0 N–H and O–H groups in total. The van der Waals surface area contributed by atoms with E-state index < -0.39 is 10.9 Å². The average Bonchev–Trinajstić information content (AvgIpc) is 2.30. The van der Waals surface area contributed by atoms with Crippen LogP contribution in [0.15, 0.2) is 12.7 Å². The summed E-state index contributed by atoms with van der Waals surface area (Å²) in [5.41, 5.74) is 0. The Labute approximate surface area is 88.8 Å². The Balaban J connectivity index is 2.66. The largest absolute Gasteiger partial charge is 0.442 e. The minimum atomic E-state index is -0.582. The monoisotopic (exact) mass is 216 g/mol. The van der Waals surface area contributed by atoms with Crippen molar-refractivity contribution in [1.29, 1.82) is 0 Å². The van der Waals surface area contributed by atoms with Crippen LogP contribution in [0.25, 0.3) is 0 Å². The molecule has 0 radical (unpaired) electrons. The van der Waals surface area contributed by atoms with Crippen LogP contribution in [0, 0.1) is 0 Å². The first-order chi connectivity index (χ1) is 6.58. The predicted octanol–water partition coefficient (Wildman–Crippen LogP) is 1.97. The van der Waals surface area contributed by atoms with Crippen LogP contribution in [0.2, 0.25) is 0 Å². The fourth-order valence-corrected chi connectivity index (χ4v) is 2.33. The summed E-state index contributed by atoms with van der Waals surface area (Å²) in [5.74, 6) is 0.558. The van der Waals surface area contributed by atoms with Gasteiger partial charge in [0.05, 0.1) is 0 Å². The molecule has 2 atom stereocenters. The number of hydrogen-bond donors (Lipinski definition) is 0. The Bertz CT molecular complexity index is 229. The molecule has 80 valence electrons. The summed E-state index contributed by atoms with van der Waals surface area (Å²) in [6, 6.07) is 0. The minimum Gasteiger partial charge on any atom is -0.442 e. The van der Waals surface area contributed by atoms with E-state index in [0.29, 0.717) is 0 Å². The summed E-state index contributed by atoms with van der Waals surface area (Å²) < 4.78 is 10.8. The molecule has 0 aromatic rings. The highest BCUT2D eigenvalue weighted by Crippen LogP contribution is 2.34. The quantitative estimate of drug-likeness (QED) is 0.522. The third-order valence-electron chi connectivity index (χ3n) is 2.25. The fraction of sp³-hybridized carbons (Fsp3) is 0.700. The maximum atomic E-state index is 11.1. The highest BCUT2D eigenvalue weighted by Gasteiger charge is 2.37. The number of thioether (sulfide) groups is 1. The lowest BCUT2D eigenvalue weighted by molar-refractivity contribution is -0.152.